The quantitative estimate of drug-likeness (QED) is 0.546. The maximum atomic E-state index is 12.1. The van der Waals surface area contributed by atoms with Crippen LogP contribution in [0.25, 0.3) is 0 Å². The number of hydrogen-bond donors (Lipinski definition) is 1. The summed E-state index contributed by atoms with van der Waals surface area (Å²) in [5, 5.41) is 11.0. The minimum Gasteiger partial charge on any atom is -0.377 e. The van der Waals surface area contributed by atoms with E-state index >= 15 is 0 Å². The van der Waals surface area contributed by atoms with Crippen LogP contribution in [-0.2, 0) is 9.53 Å². The van der Waals surface area contributed by atoms with Gasteiger partial charge in [0.15, 0.2) is 5.78 Å². The SMILES string of the molecule is C#C[C@]1(O)CC[C@H]2CCCC34OC3C(=O)CCC4[C@H](C)CC[C@@]21C. The predicted molar refractivity (Wildman–Crippen MR) is 92.2 cm³/mol. The van der Waals surface area contributed by atoms with Crippen LogP contribution in [-0.4, -0.2) is 28.2 Å². The van der Waals surface area contributed by atoms with Gasteiger partial charge in [-0.15, -0.1) is 6.42 Å². The van der Waals surface area contributed by atoms with E-state index in [0.717, 1.165) is 51.4 Å². The van der Waals surface area contributed by atoms with E-state index in [9.17, 15) is 9.90 Å². The Bertz CT molecular complexity index is 592. The number of carbonyl (C=O) groups is 1. The van der Waals surface area contributed by atoms with E-state index in [-0.39, 0.29) is 17.1 Å². The fourth-order valence-electron chi connectivity index (χ4n) is 6.41. The molecule has 1 heterocycles. The lowest BCUT2D eigenvalue weighted by Gasteiger charge is -2.43. The van der Waals surface area contributed by atoms with E-state index in [1.807, 2.05) is 0 Å². The maximum absolute atomic E-state index is 12.1. The number of epoxide rings is 1. The topological polar surface area (TPSA) is 49.8 Å². The number of terminal acetylenes is 1. The highest BCUT2D eigenvalue weighted by Crippen LogP contribution is 2.60. The van der Waals surface area contributed by atoms with Crippen molar-refractivity contribution in [1.82, 2.24) is 0 Å². The highest BCUT2D eigenvalue weighted by atomic mass is 16.6. The monoisotopic (exact) mass is 330 g/mol. The Balaban J connectivity index is 1.60. The van der Waals surface area contributed by atoms with Gasteiger partial charge in [0.2, 0.25) is 0 Å². The molecule has 132 valence electrons. The molecule has 3 aliphatic carbocycles. The van der Waals surface area contributed by atoms with Crippen molar-refractivity contribution in [2.24, 2.45) is 23.2 Å². The van der Waals surface area contributed by atoms with Crippen LogP contribution in [0.4, 0.5) is 0 Å². The highest BCUT2D eigenvalue weighted by Gasteiger charge is 2.67. The van der Waals surface area contributed by atoms with Gasteiger partial charge in [-0.1, -0.05) is 26.2 Å². The zero-order chi connectivity index (χ0) is 17.2. The number of ether oxygens (including phenoxy) is 1. The van der Waals surface area contributed by atoms with E-state index in [1.165, 1.54) is 0 Å². The second-order valence-electron chi connectivity index (χ2n) is 9.13. The lowest BCUT2D eigenvalue weighted by atomic mass is 9.62. The third-order valence-electron chi connectivity index (χ3n) is 8.21. The first-order chi connectivity index (χ1) is 11.4. The van der Waals surface area contributed by atoms with Crippen molar-refractivity contribution in [2.75, 3.05) is 0 Å². The van der Waals surface area contributed by atoms with E-state index in [1.54, 1.807) is 0 Å². The normalized spacial score (nSPS) is 54.2. The third-order valence-corrected chi connectivity index (χ3v) is 8.21. The molecule has 0 aromatic heterocycles. The minimum atomic E-state index is -0.949. The molecule has 0 radical (unpaired) electrons. The number of hydrogen-bond acceptors (Lipinski definition) is 3. The second kappa shape index (κ2) is 5.32. The zero-order valence-corrected chi connectivity index (χ0v) is 15.0. The average Bonchev–Trinajstić information content (AvgIpc) is 3.25. The summed E-state index contributed by atoms with van der Waals surface area (Å²) in [5.74, 6) is 4.55. The van der Waals surface area contributed by atoms with Crippen LogP contribution in [0.3, 0.4) is 0 Å². The number of carbonyl (C=O) groups excluding carboxylic acids is 1. The van der Waals surface area contributed by atoms with Crippen molar-refractivity contribution in [2.45, 2.75) is 88.9 Å². The van der Waals surface area contributed by atoms with E-state index in [0.29, 0.717) is 30.0 Å². The van der Waals surface area contributed by atoms with Crippen LogP contribution in [0.1, 0.15) is 71.6 Å². The molecule has 3 nitrogen and oxygen atoms in total. The third kappa shape index (κ3) is 2.09. The Morgan fingerprint density at radius 3 is 2.75 bits per heavy atom. The van der Waals surface area contributed by atoms with Gasteiger partial charge in [0.1, 0.15) is 17.3 Å². The molecule has 1 aliphatic heterocycles. The van der Waals surface area contributed by atoms with Gasteiger partial charge in [-0.3, -0.25) is 4.79 Å². The number of aliphatic hydroxyl groups is 1. The van der Waals surface area contributed by atoms with Gasteiger partial charge in [-0.25, -0.2) is 0 Å². The fraction of sp³-hybridized carbons (Fsp3) is 0.857. The lowest BCUT2D eigenvalue weighted by Crippen LogP contribution is -2.46. The Hall–Kier alpha value is -0.850. The summed E-state index contributed by atoms with van der Waals surface area (Å²) in [5.41, 5.74) is -1.27. The summed E-state index contributed by atoms with van der Waals surface area (Å²) in [6, 6.07) is 0. The summed E-state index contributed by atoms with van der Waals surface area (Å²) in [6.07, 6.45) is 14.2. The lowest BCUT2D eigenvalue weighted by molar-refractivity contribution is -0.121. The second-order valence-corrected chi connectivity index (χ2v) is 9.13. The molecular weight excluding hydrogens is 300 g/mol. The molecular formula is C21H30O3. The van der Waals surface area contributed by atoms with Crippen molar-refractivity contribution in [3.05, 3.63) is 0 Å². The summed E-state index contributed by atoms with van der Waals surface area (Å²) in [7, 11) is 0. The van der Waals surface area contributed by atoms with Gasteiger partial charge in [0, 0.05) is 11.8 Å². The molecule has 1 saturated heterocycles. The van der Waals surface area contributed by atoms with Crippen molar-refractivity contribution < 1.29 is 14.6 Å². The summed E-state index contributed by atoms with van der Waals surface area (Å²) in [4.78, 5) is 12.1. The molecule has 24 heavy (non-hydrogen) atoms. The molecule has 3 saturated carbocycles. The molecule has 4 aliphatic rings. The smallest absolute Gasteiger partial charge is 0.164 e. The molecule has 0 bridgehead atoms. The van der Waals surface area contributed by atoms with Crippen molar-refractivity contribution in [3.63, 3.8) is 0 Å². The molecule has 0 aromatic rings. The first-order valence-electron chi connectivity index (χ1n) is 9.77. The van der Waals surface area contributed by atoms with Gasteiger partial charge in [-0.05, 0) is 62.7 Å². The van der Waals surface area contributed by atoms with Gasteiger partial charge < -0.3 is 9.84 Å². The molecule has 4 fully saturated rings. The number of rotatable bonds is 0. The molecule has 7 atom stereocenters. The van der Waals surface area contributed by atoms with Crippen LogP contribution in [0, 0.1) is 35.5 Å². The van der Waals surface area contributed by atoms with Gasteiger partial charge in [0.25, 0.3) is 0 Å². The predicted octanol–water partition coefficient (Wildman–Crippen LogP) is 3.48. The average molecular weight is 330 g/mol. The maximum Gasteiger partial charge on any atom is 0.164 e. The molecule has 4 rings (SSSR count). The van der Waals surface area contributed by atoms with Crippen LogP contribution < -0.4 is 0 Å². The molecule has 3 unspecified atom stereocenters. The molecule has 3 heteroatoms. The van der Waals surface area contributed by atoms with Gasteiger partial charge >= 0.3 is 0 Å². The van der Waals surface area contributed by atoms with Gasteiger partial charge in [-0.2, -0.15) is 0 Å². The van der Waals surface area contributed by atoms with Crippen molar-refractivity contribution in [1.29, 1.82) is 0 Å². The van der Waals surface area contributed by atoms with E-state index < -0.39 is 5.60 Å². The van der Waals surface area contributed by atoms with Crippen LogP contribution in [0.5, 0.6) is 0 Å². The van der Waals surface area contributed by atoms with Crippen LogP contribution in [0.2, 0.25) is 0 Å². The first kappa shape index (κ1) is 16.6. The molecule has 1 N–H and O–H groups in total. The molecule has 0 aromatic carbocycles. The Morgan fingerprint density at radius 2 is 2.00 bits per heavy atom. The Kier molecular flexibility index (Phi) is 3.68. The Labute approximate surface area is 145 Å². The van der Waals surface area contributed by atoms with E-state index in [4.69, 9.17) is 11.2 Å². The largest absolute Gasteiger partial charge is 0.377 e. The molecule has 0 amide bonds. The van der Waals surface area contributed by atoms with Crippen molar-refractivity contribution in [3.8, 4) is 12.3 Å². The number of ketones is 1. The van der Waals surface area contributed by atoms with Crippen LogP contribution >= 0.6 is 0 Å². The van der Waals surface area contributed by atoms with Crippen LogP contribution in [0.15, 0.2) is 0 Å². The summed E-state index contributed by atoms with van der Waals surface area (Å²) in [6.45, 7) is 4.53. The summed E-state index contributed by atoms with van der Waals surface area (Å²) < 4.78 is 6.05. The first-order valence-corrected chi connectivity index (χ1v) is 9.77. The summed E-state index contributed by atoms with van der Waals surface area (Å²) >= 11 is 0. The van der Waals surface area contributed by atoms with E-state index in [2.05, 4.69) is 19.8 Å². The zero-order valence-electron chi connectivity index (χ0n) is 15.0. The molecule has 1 spiro atoms. The Morgan fingerprint density at radius 1 is 1.21 bits per heavy atom. The minimum absolute atomic E-state index is 0.115. The number of Topliss-reactive ketones (excluding diaryl/α,β-unsaturated/α-hetero) is 1. The van der Waals surface area contributed by atoms with Crippen molar-refractivity contribution >= 4 is 5.78 Å². The number of fused-ring (bicyclic) bond motifs is 1. The van der Waals surface area contributed by atoms with Gasteiger partial charge in [0.05, 0.1) is 0 Å². The fourth-order valence-corrected chi connectivity index (χ4v) is 6.41. The standard InChI is InChI=1S/C21H30O3/c1-4-20(23)13-10-15-6-5-11-21-16(7-8-17(22)18(21)24-21)14(2)9-12-19(15,20)3/h1,14-16,18,23H,5-13H2,2-3H3/t14-,15-,16?,18?,19+,20+,21?/m1/s1. The highest BCUT2D eigenvalue weighted by molar-refractivity contribution is 5.88.